The van der Waals surface area contributed by atoms with Gasteiger partial charge in [0.05, 0.1) is 11.5 Å². The summed E-state index contributed by atoms with van der Waals surface area (Å²) >= 11 is 1.66. The largest absolute Gasteiger partial charge is 0.481 e. The number of carboxylic acid groups (broad SMARTS) is 1. The van der Waals surface area contributed by atoms with Crippen LogP contribution in [0.2, 0.25) is 0 Å². The molecule has 1 aliphatic rings. The molecule has 0 aliphatic heterocycles. The first-order valence-electron chi connectivity index (χ1n) is 11.0. The summed E-state index contributed by atoms with van der Waals surface area (Å²) in [5.74, 6) is -1.04. The molecule has 2 heterocycles. The van der Waals surface area contributed by atoms with Crippen molar-refractivity contribution < 1.29 is 14.7 Å². The van der Waals surface area contributed by atoms with Crippen LogP contribution in [0.3, 0.4) is 0 Å². The summed E-state index contributed by atoms with van der Waals surface area (Å²) in [5.41, 5.74) is 5.31. The lowest BCUT2D eigenvalue weighted by Gasteiger charge is -2.27. The minimum atomic E-state index is -0.726. The molecule has 1 aromatic carbocycles. The van der Waals surface area contributed by atoms with E-state index < -0.39 is 5.97 Å². The van der Waals surface area contributed by atoms with Gasteiger partial charge in [-0.25, -0.2) is 0 Å². The first kappa shape index (κ1) is 22.2. The molecular formula is C26H28N2O3S. The van der Waals surface area contributed by atoms with Crippen LogP contribution in [0.5, 0.6) is 0 Å². The zero-order valence-electron chi connectivity index (χ0n) is 18.4. The van der Waals surface area contributed by atoms with E-state index in [2.05, 4.69) is 41.5 Å². The number of aryl methyl sites for hydroxylation is 2. The number of carbonyl (C=O) groups excluding carboxylic acids is 1. The van der Waals surface area contributed by atoms with Gasteiger partial charge in [-0.05, 0) is 80.3 Å². The second-order valence-corrected chi connectivity index (χ2v) is 9.97. The van der Waals surface area contributed by atoms with E-state index in [4.69, 9.17) is 0 Å². The summed E-state index contributed by atoms with van der Waals surface area (Å²) in [5, 5.41) is 12.4. The molecule has 2 N–H and O–H groups in total. The second-order valence-electron chi connectivity index (χ2n) is 8.54. The molecule has 1 amide bonds. The van der Waals surface area contributed by atoms with Crippen LogP contribution in [0, 0.1) is 19.8 Å². The number of amides is 1. The zero-order valence-corrected chi connectivity index (χ0v) is 19.2. The molecule has 0 bridgehead atoms. The Kier molecular flexibility index (Phi) is 6.70. The molecule has 166 valence electrons. The standard InChI is InChI=1S/C26H28N2O3S/c1-16-23(15-18-3-5-19(6-4-18)20-11-13-27-14-12-20)24(17(2)32-16)25(29)28-22-9-7-21(8-10-22)26(30)31/h3-6,11-14,21-22H,7-10,15H2,1-2H3,(H,28,29)(H,30,31). The van der Waals surface area contributed by atoms with Crippen molar-refractivity contribution in [1.29, 1.82) is 0 Å². The fourth-order valence-corrected chi connectivity index (χ4v) is 5.62. The number of aliphatic carboxylic acids is 1. The predicted molar refractivity (Wildman–Crippen MR) is 127 cm³/mol. The van der Waals surface area contributed by atoms with Crippen molar-refractivity contribution in [3.8, 4) is 11.1 Å². The van der Waals surface area contributed by atoms with Crippen LogP contribution in [0.25, 0.3) is 11.1 Å². The van der Waals surface area contributed by atoms with Crippen molar-refractivity contribution >= 4 is 23.2 Å². The molecule has 0 unspecified atom stereocenters. The number of nitrogens with one attached hydrogen (secondary N) is 1. The monoisotopic (exact) mass is 448 g/mol. The molecule has 1 saturated carbocycles. The van der Waals surface area contributed by atoms with E-state index in [-0.39, 0.29) is 17.9 Å². The maximum atomic E-state index is 13.2. The van der Waals surface area contributed by atoms with Crippen molar-refractivity contribution in [2.45, 2.75) is 52.0 Å². The van der Waals surface area contributed by atoms with E-state index in [1.165, 1.54) is 10.4 Å². The van der Waals surface area contributed by atoms with E-state index in [0.29, 0.717) is 19.3 Å². The first-order valence-corrected chi connectivity index (χ1v) is 11.9. The molecule has 0 atom stereocenters. The highest BCUT2D eigenvalue weighted by Crippen LogP contribution is 2.31. The molecule has 1 aliphatic carbocycles. The van der Waals surface area contributed by atoms with Gasteiger partial charge in [0.2, 0.25) is 0 Å². The molecule has 32 heavy (non-hydrogen) atoms. The number of rotatable bonds is 6. The predicted octanol–water partition coefficient (Wildman–Crippen LogP) is 5.39. The zero-order chi connectivity index (χ0) is 22.7. The van der Waals surface area contributed by atoms with Crippen LogP contribution in [-0.2, 0) is 11.2 Å². The summed E-state index contributed by atoms with van der Waals surface area (Å²) in [6.45, 7) is 4.08. The lowest BCUT2D eigenvalue weighted by molar-refractivity contribution is -0.142. The van der Waals surface area contributed by atoms with Crippen molar-refractivity contribution in [3.63, 3.8) is 0 Å². The summed E-state index contributed by atoms with van der Waals surface area (Å²) in [4.78, 5) is 30.6. The molecule has 0 radical (unpaired) electrons. The minimum Gasteiger partial charge on any atom is -0.481 e. The third-order valence-electron chi connectivity index (χ3n) is 6.37. The number of aromatic nitrogens is 1. The quantitative estimate of drug-likeness (QED) is 0.530. The molecule has 0 saturated heterocycles. The number of benzene rings is 1. The number of hydrogen-bond donors (Lipinski definition) is 2. The molecule has 3 aromatic rings. The molecule has 0 spiro atoms. The second kappa shape index (κ2) is 9.65. The number of carbonyl (C=O) groups is 2. The lowest BCUT2D eigenvalue weighted by Crippen LogP contribution is -2.39. The lowest BCUT2D eigenvalue weighted by atomic mass is 9.86. The normalized spacial score (nSPS) is 18.3. The van der Waals surface area contributed by atoms with Gasteiger partial charge in [0.25, 0.3) is 5.91 Å². The molecular weight excluding hydrogens is 420 g/mol. The molecule has 1 fully saturated rings. The fraction of sp³-hybridized carbons (Fsp3) is 0.346. The third-order valence-corrected chi connectivity index (χ3v) is 7.44. The van der Waals surface area contributed by atoms with Gasteiger partial charge in [-0.2, -0.15) is 0 Å². The molecule has 6 heteroatoms. The smallest absolute Gasteiger partial charge is 0.306 e. The Balaban J connectivity index is 1.47. The maximum absolute atomic E-state index is 13.2. The van der Waals surface area contributed by atoms with Crippen molar-refractivity contribution in [2.24, 2.45) is 5.92 Å². The van der Waals surface area contributed by atoms with Crippen LogP contribution in [-0.4, -0.2) is 28.0 Å². The van der Waals surface area contributed by atoms with Gasteiger partial charge in [-0.1, -0.05) is 24.3 Å². The Bertz CT molecular complexity index is 1100. The highest BCUT2D eigenvalue weighted by atomic mass is 32.1. The van der Waals surface area contributed by atoms with Gasteiger partial charge in [0, 0.05) is 28.2 Å². The Morgan fingerprint density at radius 1 is 0.969 bits per heavy atom. The number of carboxylic acids is 1. The van der Waals surface area contributed by atoms with E-state index in [1.54, 1.807) is 23.7 Å². The average molecular weight is 449 g/mol. The Morgan fingerprint density at radius 3 is 2.22 bits per heavy atom. The van der Waals surface area contributed by atoms with Gasteiger partial charge in [-0.3, -0.25) is 14.6 Å². The van der Waals surface area contributed by atoms with Crippen molar-refractivity contribution in [3.05, 3.63) is 75.2 Å². The Morgan fingerprint density at radius 2 is 1.59 bits per heavy atom. The van der Waals surface area contributed by atoms with Crippen LogP contribution < -0.4 is 5.32 Å². The van der Waals surface area contributed by atoms with E-state index in [0.717, 1.165) is 40.0 Å². The van der Waals surface area contributed by atoms with Gasteiger partial charge in [-0.15, -0.1) is 11.3 Å². The summed E-state index contributed by atoms with van der Waals surface area (Å²) in [7, 11) is 0. The third kappa shape index (κ3) is 4.91. The number of thiophene rings is 1. The maximum Gasteiger partial charge on any atom is 0.306 e. The SMILES string of the molecule is Cc1sc(C)c(C(=O)NC2CCC(C(=O)O)CC2)c1Cc1ccc(-c2ccncc2)cc1. The highest BCUT2D eigenvalue weighted by molar-refractivity contribution is 7.12. The van der Waals surface area contributed by atoms with Gasteiger partial charge in [0.1, 0.15) is 0 Å². The Hall–Kier alpha value is -2.99. The number of hydrogen-bond acceptors (Lipinski definition) is 4. The Labute approximate surface area is 192 Å². The first-order chi connectivity index (χ1) is 15.4. The van der Waals surface area contributed by atoms with Crippen molar-refractivity contribution in [1.82, 2.24) is 10.3 Å². The summed E-state index contributed by atoms with van der Waals surface area (Å²) in [6.07, 6.45) is 6.98. The van der Waals surface area contributed by atoms with Crippen LogP contribution in [0.15, 0.2) is 48.8 Å². The van der Waals surface area contributed by atoms with E-state index in [9.17, 15) is 14.7 Å². The summed E-state index contributed by atoms with van der Waals surface area (Å²) < 4.78 is 0. The minimum absolute atomic E-state index is 0.0333. The molecule has 5 nitrogen and oxygen atoms in total. The summed E-state index contributed by atoms with van der Waals surface area (Å²) in [6, 6.07) is 12.5. The topological polar surface area (TPSA) is 79.3 Å². The number of nitrogens with zero attached hydrogens (tertiary/aromatic N) is 1. The van der Waals surface area contributed by atoms with Gasteiger partial charge in [0.15, 0.2) is 0 Å². The van der Waals surface area contributed by atoms with E-state index >= 15 is 0 Å². The van der Waals surface area contributed by atoms with Gasteiger partial charge < -0.3 is 10.4 Å². The van der Waals surface area contributed by atoms with Crippen LogP contribution in [0.4, 0.5) is 0 Å². The van der Waals surface area contributed by atoms with Crippen molar-refractivity contribution in [2.75, 3.05) is 0 Å². The average Bonchev–Trinajstić information content (AvgIpc) is 3.08. The van der Waals surface area contributed by atoms with Crippen LogP contribution >= 0.6 is 11.3 Å². The molecule has 2 aromatic heterocycles. The molecule has 4 rings (SSSR count). The van der Waals surface area contributed by atoms with Crippen LogP contribution in [0.1, 0.15) is 56.9 Å². The van der Waals surface area contributed by atoms with Gasteiger partial charge >= 0.3 is 5.97 Å². The van der Waals surface area contributed by atoms with E-state index in [1.807, 2.05) is 19.1 Å². The highest BCUT2D eigenvalue weighted by Gasteiger charge is 2.28. The fourth-order valence-electron chi connectivity index (χ4n) is 4.55. The number of pyridine rings is 1.